The standard InChI is InChI=1S/C10H6F5IO5S/c11-9(12,13)8(10(14,15)22(18,19)20)21-7(17)5-2-1-3-6(16)4-5/h1-4,8H,(H,18,19,20). The van der Waals surface area contributed by atoms with E-state index in [-0.39, 0.29) is 0 Å². The van der Waals surface area contributed by atoms with Gasteiger partial charge in [-0.3, -0.25) is 4.55 Å². The summed E-state index contributed by atoms with van der Waals surface area (Å²) in [6.07, 6.45) is -10.3. The van der Waals surface area contributed by atoms with Crippen LogP contribution in [-0.2, 0) is 14.9 Å². The highest BCUT2D eigenvalue weighted by molar-refractivity contribution is 14.1. The first-order chi connectivity index (χ1) is 9.76. The quantitative estimate of drug-likeness (QED) is 0.324. The summed E-state index contributed by atoms with van der Waals surface area (Å²) in [5.41, 5.74) is -0.493. The van der Waals surface area contributed by atoms with Crippen LogP contribution in [-0.4, -0.2) is 36.5 Å². The molecule has 0 saturated carbocycles. The van der Waals surface area contributed by atoms with E-state index in [2.05, 4.69) is 4.74 Å². The number of rotatable bonds is 4. The second kappa shape index (κ2) is 6.23. The minimum atomic E-state index is -6.45. The van der Waals surface area contributed by atoms with Gasteiger partial charge < -0.3 is 4.74 Å². The van der Waals surface area contributed by atoms with Crippen LogP contribution < -0.4 is 0 Å². The molecule has 1 atom stereocenters. The molecule has 0 bridgehead atoms. The number of hydrogen-bond donors (Lipinski definition) is 1. The molecule has 124 valence electrons. The maximum atomic E-state index is 13.2. The van der Waals surface area contributed by atoms with Crippen LogP contribution in [0.5, 0.6) is 0 Å². The first-order valence-corrected chi connectivity index (χ1v) is 7.67. The Morgan fingerprint density at radius 1 is 1.23 bits per heavy atom. The second-order valence-corrected chi connectivity index (χ2v) is 6.61. The predicted octanol–water partition coefficient (Wildman–Crippen LogP) is 2.86. The van der Waals surface area contributed by atoms with Crippen LogP contribution in [0.15, 0.2) is 24.3 Å². The number of ether oxygens (including phenoxy) is 1. The lowest BCUT2D eigenvalue weighted by atomic mass is 10.2. The molecule has 1 aromatic rings. The molecule has 0 aliphatic rings. The number of hydrogen-bond acceptors (Lipinski definition) is 4. The normalized spacial score (nSPS) is 14.5. The molecule has 0 radical (unpaired) electrons. The molecule has 0 heterocycles. The number of halogens is 6. The largest absolute Gasteiger partial charge is 0.441 e. The van der Waals surface area contributed by atoms with Gasteiger partial charge in [-0.05, 0) is 40.8 Å². The topological polar surface area (TPSA) is 80.7 Å². The van der Waals surface area contributed by atoms with Gasteiger partial charge in [0.2, 0.25) is 0 Å². The summed E-state index contributed by atoms with van der Waals surface area (Å²) < 4.78 is 97.2. The van der Waals surface area contributed by atoms with Crippen molar-refractivity contribution in [3.63, 3.8) is 0 Å². The molecule has 0 fully saturated rings. The summed E-state index contributed by atoms with van der Waals surface area (Å²) in [5.74, 6) is -1.82. The third kappa shape index (κ3) is 4.25. The molecule has 1 N–H and O–H groups in total. The Morgan fingerprint density at radius 3 is 2.18 bits per heavy atom. The van der Waals surface area contributed by atoms with Gasteiger partial charge in [0.05, 0.1) is 5.56 Å². The molecule has 0 aromatic heterocycles. The Balaban J connectivity index is 3.19. The van der Waals surface area contributed by atoms with E-state index in [1.165, 1.54) is 12.1 Å². The van der Waals surface area contributed by atoms with Crippen molar-refractivity contribution in [3.05, 3.63) is 33.4 Å². The number of carbonyl (C=O) groups is 1. The van der Waals surface area contributed by atoms with Crippen LogP contribution in [0.4, 0.5) is 22.0 Å². The smallest absolute Gasteiger partial charge is 0.432 e. The zero-order valence-corrected chi connectivity index (χ0v) is 13.1. The van der Waals surface area contributed by atoms with Crippen LogP contribution in [0.2, 0.25) is 0 Å². The van der Waals surface area contributed by atoms with E-state index in [0.717, 1.165) is 12.1 Å². The first-order valence-electron chi connectivity index (χ1n) is 5.15. The molecule has 22 heavy (non-hydrogen) atoms. The van der Waals surface area contributed by atoms with Gasteiger partial charge in [0.1, 0.15) is 0 Å². The minimum Gasteiger partial charge on any atom is -0.441 e. The number of benzene rings is 1. The lowest BCUT2D eigenvalue weighted by molar-refractivity contribution is -0.248. The highest BCUT2D eigenvalue weighted by Gasteiger charge is 2.66. The fourth-order valence-corrected chi connectivity index (χ4v) is 2.25. The Bertz CT molecular complexity index is 673. The summed E-state index contributed by atoms with van der Waals surface area (Å²) in [4.78, 5) is 11.5. The molecule has 0 spiro atoms. The second-order valence-electron chi connectivity index (χ2n) is 3.87. The molecular formula is C10H6F5IO5S. The average molecular weight is 460 g/mol. The third-order valence-corrected chi connectivity index (χ3v) is 3.80. The molecular weight excluding hydrogens is 454 g/mol. The fraction of sp³-hybridized carbons (Fsp3) is 0.300. The van der Waals surface area contributed by atoms with Crippen LogP contribution in [0.1, 0.15) is 10.4 Å². The summed E-state index contributed by atoms with van der Waals surface area (Å²) in [6, 6.07) is 4.75. The SMILES string of the molecule is O=C(OC(C(F)(F)F)C(F)(F)S(=O)(=O)O)c1cccc(I)c1. The van der Waals surface area contributed by atoms with Crippen LogP contribution in [0.3, 0.4) is 0 Å². The highest BCUT2D eigenvalue weighted by Crippen LogP contribution is 2.38. The lowest BCUT2D eigenvalue weighted by Crippen LogP contribution is -2.52. The Hall–Kier alpha value is -1.02. The van der Waals surface area contributed by atoms with Gasteiger partial charge in [-0.15, -0.1) is 0 Å². The van der Waals surface area contributed by atoms with Gasteiger partial charge >= 0.3 is 27.5 Å². The van der Waals surface area contributed by atoms with E-state index < -0.39 is 39.2 Å². The minimum absolute atomic E-state index is 0.400. The van der Waals surface area contributed by atoms with Crippen molar-refractivity contribution in [1.29, 1.82) is 0 Å². The van der Waals surface area contributed by atoms with Crippen molar-refractivity contribution in [2.75, 3.05) is 0 Å². The van der Waals surface area contributed by atoms with E-state index in [0.29, 0.717) is 3.57 Å². The molecule has 1 aromatic carbocycles. The van der Waals surface area contributed by atoms with Crippen molar-refractivity contribution in [2.45, 2.75) is 17.5 Å². The Morgan fingerprint density at radius 2 is 1.77 bits per heavy atom. The summed E-state index contributed by atoms with van der Waals surface area (Å²) in [6.45, 7) is 0. The molecule has 12 heteroatoms. The first kappa shape index (κ1) is 19.0. The maximum Gasteiger partial charge on any atom is 0.432 e. The lowest BCUT2D eigenvalue weighted by Gasteiger charge is -2.26. The van der Waals surface area contributed by atoms with Crippen LogP contribution >= 0.6 is 22.6 Å². The number of carbonyl (C=O) groups excluding carboxylic acids is 1. The molecule has 0 aliphatic carbocycles. The van der Waals surface area contributed by atoms with Crippen molar-refractivity contribution >= 4 is 38.7 Å². The van der Waals surface area contributed by atoms with E-state index in [9.17, 15) is 35.2 Å². The van der Waals surface area contributed by atoms with Gasteiger partial charge in [-0.1, -0.05) is 6.07 Å². The Labute approximate surface area is 134 Å². The van der Waals surface area contributed by atoms with Crippen LogP contribution in [0, 0.1) is 3.57 Å². The van der Waals surface area contributed by atoms with E-state index in [1.54, 1.807) is 22.6 Å². The van der Waals surface area contributed by atoms with Crippen molar-refractivity contribution < 1.29 is 44.5 Å². The van der Waals surface area contributed by atoms with Crippen molar-refractivity contribution in [2.24, 2.45) is 0 Å². The third-order valence-electron chi connectivity index (χ3n) is 2.23. The van der Waals surface area contributed by atoms with Gasteiger partial charge in [-0.2, -0.15) is 30.4 Å². The average Bonchev–Trinajstić information content (AvgIpc) is 2.32. The zero-order chi connectivity index (χ0) is 17.3. The van der Waals surface area contributed by atoms with Crippen molar-refractivity contribution in [3.8, 4) is 0 Å². The molecule has 5 nitrogen and oxygen atoms in total. The van der Waals surface area contributed by atoms with Crippen molar-refractivity contribution in [1.82, 2.24) is 0 Å². The van der Waals surface area contributed by atoms with Gasteiger partial charge in [0.25, 0.3) is 6.10 Å². The summed E-state index contributed by atoms with van der Waals surface area (Å²) >= 11 is 1.70. The number of alkyl halides is 5. The monoisotopic (exact) mass is 460 g/mol. The Kier molecular flexibility index (Phi) is 5.39. The molecule has 1 unspecified atom stereocenters. The molecule has 1 rings (SSSR count). The highest BCUT2D eigenvalue weighted by atomic mass is 127. The summed E-state index contributed by atoms with van der Waals surface area (Å²) in [5, 5.41) is -5.75. The van der Waals surface area contributed by atoms with Gasteiger partial charge in [0.15, 0.2) is 0 Å². The maximum absolute atomic E-state index is 13.2. The van der Waals surface area contributed by atoms with E-state index in [4.69, 9.17) is 4.55 Å². The summed E-state index contributed by atoms with van der Waals surface area (Å²) in [7, 11) is -6.45. The van der Waals surface area contributed by atoms with E-state index >= 15 is 0 Å². The molecule has 0 saturated heterocycles. The zero-order valence-electron chi connectivity index (χ0n) is 10.1. The fourth-order valence-electron chi connectivity index (χ4n) is 1.25. The van der Waals surface area contributed by atoms with Gasteiger partial charge in [0, 0.05) is 3.57 Å². The van der Waals surface area contributed by atoms with Crippen LogP contribution in [0.25, 0.3) is 0 Å². The van der Waals surface area contributed by atoms with Gasteiger partial charge in [-0.25, -0.2) is 4.79 Å². The molecule has 0 amide bonds. The van der Waals surface area contributed by atoms with E-state index in [1.807, 2.05) is 0 Å². The predicted molar refractivity (Wildman–Crippen MR) is 70.9 cm³/mol. The molecule has 0 aliphatic heterocycles. The number of esters is 1.